The van der Waals surface area contributed by atoms with Crippen LogP contribution in [0, 0.1) is 25.5 Å². The fourth-order valence-corrected chi connectivity index (χ4v) is 2.00. The first-order valence-electron chi connectivity index (χ1n) is 6.86. The molecule has 0 radical (unpaired) electrons. The number of halogens is 2. The van der Waals surface area contributed by atoms with E-state index in [2.05, 4.69) is 5.32 Å². The van der Waals surface area contributed by atoms with Gasteiger partial charge in [-0.15, -0.1) is 0 Å². The van der Waals surface area contributed by atoms with E-state index in [0.717, 1.165) is 29.3 Å². The van der Waals surface area contributed by atoms with Crippen molar-refractivity contribution in [3.8, 4) is 0 Å². The van der Waals surface area contributed by atoms with E-state index in [4.69, 9.17) is 4.74 Å². The molecule has 0 aliphatic carbocycles. The van der Waals surface area contributed by atoms with Crippen molar-refractivity contribution in [1.29, 1.82) is 0 Å². The van der Waals surface area contributed by atoms with Crippen LogP contribution >= 0.6 is 0 Å². The van der Waals surface area contributed by atoms with Crippen LogP contribution in [0.25, 0.3) is 0 Å². The number of hydrogen-bond donors (Lipinski definition) is 1. The third-order valence-corrected chi connectivity index (χ3v) is 3.14. The van der Waals surface area contributed by atoms with Gasteiger partial charge in [0.1, 0.15) is 11.6 Å². The van der Waals surface area contributed by atoms with Crippen molar-refractivity contribution < 1.29 is 23.1 Å². The summed E-state index contributed by atoms with van der Waals surface area (Å²) in [5.41, 5.74) is 1.95. The third kappa shape index (κ3) is 4.35. The summed E-state index contributed by atoms with van der Waals surface area (Å²) >= 11 is 0. The molecule has 2 aromatic rings. The molecule has 1 N–H and O–H groups in total. The van der Waals surface area contributed by atoms with Gasteiger partial charge in [0.15, 0.2) is 6.61 Å². The standard InChI is InChI=1S/C17H15F2NO3/c1-10-3-6-15(11(2)7-10)20-16(21)9-23-17(22)13-8-12(18)4-5-14(13)19/h3-8H,9H2,1-2H3,(H,20,21). The second-order valence-electron chi connectivity index (χ2n) is 5.07. The average molecular weight is 319 g/mol. The molecule has 0 saturated carbocycles. The minimum Gasteiger partial charge on any atom is -0.452 e. The summed E-state index contributed by atoms with van der Waals surface area (Å²) in [6.07, 6.45) is 0. The maximum Gasteiger partial charge on any atom is 0.341 e. The van der Waals surface area contributed by atoms with Crippen LogP contribution in [0.15, 0.2) is 36.4 Å². The summed E-state index contributed by atoms with van der Waals surface area (Å²) in [5.74, 6) is -3.34. The molecule has 0 bridgehead atoms. The van der Waals surface area contributed by atoms with Crippen LogP contribution in [-0.2, 0) is 9.53 Å². The molecule has 0 unspecified atom stereocenters. The number of anilines is 1. The Labute approximate surface area is 132 Å². The Balaban J connectivity index is 1.96. The van der Waals surface area contributed by atoms with E-state index in [1.807, 2.05) is 26.0 Å². The van der Waals surface area contributed by atoms with Crippen molar-refractivity contribution >= 4 is 17.6 Å². The molecule has 0 saturated heterocycles. The maximum absolute atomic E-state index is 13.4. The fourth-order valence-electron chi connectivity index (χ4n) is 2.00. The van der Waals surface area contributed by atoms with E-state index in [0.29, 0.717) is 5.69 Å². The van der Waals surface area contributed by atoms with Crippen molar-refractivity contribution in [3.63, 3.8) is 0 Å². The summed E-state index contributed by atoms with van der Waals surface area (Å²) in [6, 6.07) is 7.89. The Kier molecular flexibility index (Phi) is 5.05. The van der Waals surface area contributed by atoms with Gasteiger partial charge in [0.25, 0.3) is 5.91 Å². The van der Waals surface area contributed by atoms with Crippen LogP contribution < -0.4 is 5.32 Å². The van der Waals surface area contributed by atoms with Gasteiger partial charge in [0.2, 0.25) is 0 Å². The van der Waals surface area contributed by atoms with Crippen LogP contribution in [0.5, 0.6) is 0 Å². The molecule has 0 aromatic heterocycles. The molecule has 0 spiro atoms. The summed E-state index contributed by atoms with van der Waals surface area (Å²) in [4.78, 5) is 23.5. The summed E-state index contributed by atoms with van der Waals surface area (Å²) in [6.45, 7) is 3.16. The molecule has 0 aliphatic heterocycles. The number of nitrogens with one attached hydrogen (secondary N) is 1. The lowest BCUT2D eigenvalue weighted by Crippen LogP contribution is -2.21. The smallest absolute Gasteiger partial charge is 0.341 e. The SMILES string of the molecule is Cc1ccc(NC(=O)COC(=O)c2cc(F)ccc2F)c(C)c1. The number of esters is 1. The number of carbonyl (C=O) groups excluding carboxylic acids is 2. The van der Waals surface area contributed by atoms with Gasteiger partial charge in [-0.25, -0.2) is 13.6 Å². The van der Waals surface area contributed by atoms with Crippen molar-refractivity contribution in [3.05, 3.63) is 64.7 Å². The molecule has 0 fully saturated rings. The van der Waals surface area contributed by atoms with Gasteiger partial charge in [-0.1, -0.05) is 17.7 Å². The third-order valence-electron chi connectivity index (χ3n) is 3.14. The first-order chi connectivity index (χ1) is 10.9. The zero-order chi connectivity index (χ0) is 17.0. The van der Waals surface area contributed by atoms with Crippen LogP contribution in [0.3, 0.4) is 0 Å². The Hall–Kier alpha value is -2.76. The van der Waals surface area contributed by atoms with Crippen LogP contribution in [0.1, 0.15) is 21.5 Å². The van der Waals surface area contributed by atoms with Crippen LogP contribution in [0.2, 0.25) is 0 Å². The normalized spacial score (nSPS) is 10.3. The number of hydrogen-bond acceptors (Lipinski definition) is 3. The molecule has 0 heterocycles. The Bertz CT molecular complexity index is 759. The molecule has 2 rings (SSSR count). The number of aryl methyl sites for hydroxylation is 2. The van der Waals surface area contributed by atoms with Gasteiger partial charge in [0, 0.05) is 5.69 Å². The van der Waals surface area contributed by atoms with E-state index in [9.17, 15) is 18.4 Å². The highest BCUT2D eigenvalue weighted by atomic mass is 19.1. The minimum atomic E-state index is -1.10. The van der Waals surface area contributed by atoms with Crippen molar-refractivity contribution in [2.75, 3.05) is 11.9 Å². The average Bonchev–Trinajstić information content (AvgIpc) is 2.50. The molecule has 120 valence electrons. The summed E-state index contributed by atoms with van der Waals surface area (Å²) in [5, 5.41) is 2.59. The van der Waals surface area contributed by atoms with Crippen molar-refractivity contribution in [2.45, 2.75) is 13.8 Å². The van der Waals surface area contributed by atoms with Gasteiger partial charge in [-0.05, 0) is 43.7 Å². The van der Waals surface area contributed by atoms with Gasteiger partial charge < -0.3 is 10.1 Å². The van der Waals surface area contributed by atoms with Gasteiger partial charge in [-0.2, -0.15) is 0 Å². The van der Waals surface area contributed by atoms with E-state index < -0.39 is 35.7 Å². The largest absolute Gasteiger partial charge is 0.452 e. The number of benzene rings is 2. The lowest BCUT2D eigenvalue weighted by molar-refractivity contribution is -0.119. The number of amides is 1. The fraction of sp³-hybridized carbons (Fsp3) is 0.176. The zero-order valence-corrected chi connectivity index (χ0v) is 12.7. The number of rotatable bonds is 4. The Morgan fingerprint density at radius 2 is 1.83 bits per heavy atom. The molecule has 0 atom stereocenters. The number of carbonyl (C=O) groups is 2. The molecule has 4 nitrogen and oxygen atoms in total. The first-order valence-corrected chi connectivity index (χ1v) is 6.86. The Morgan fingerprint density at radius 3 is 2.52 bits per heavy atom. The molecule has 23 heavy (non-hydrogen) atoms. The Morgan fingerprint density at radius 1 is 1.09 bits per heavy atom. The predicted octanol–water partition coefficient (Wildman–Crippen LogP) is 3.38. The van der Waals surface area contributed by atoms with Gasteiger partial charge >= 0.3 is 5.97 Å². The molecule has 1 amide bonds. The van der Waals surface area contributed by atoms with E-state index >= 15 is 0 Å². The van der Waals surface area contributed by atoms with E-state index in [1.54, 1.807) is 6.07 Å². The highest BCUT2D eigenvalue weighted by molar-refractivity contribution is 5.96. The zero-order valence-electron chi connectivity index (χ0n) is 12.7. The van der Waals surface area contributed by atoms with Crippen molar-refractivity contribution in [2.24, 2.45) is 0 Å². The van der Waals surface area contributed by atoms with Crippen LogP contribution in [0.4, 0.5) is 14.5 Å². The minimum absolute atomic E-state index is 0.552. The number of ether oxygens (including phenoxy) is 1. The van der Waals surface area contributed by atoms with E-state index in [-0.39, 0.29) is 0 Å². The maximum atomic E-state index is 13.4. The second kappa shape index (κ2) is 7.00. The molecule has 2 aromatic carbocycles. The first kappa shape index (κ1) is 16.6. The summed E-state index contributed by atoms with van der Waals surface area (Å²) in [7, 11) is 0. The monoisotopic (exact) mass is 319 g/mol. The topological polar surface area (TPSA) is 55.4 Å². The molecule has 6 heteroatoms. The van der Waals surface area contributed by atoms with Gasteiger partial charge in [-0.3, -0.25) is 4.79 Å². The van der Waals surface area contributed by atoms with E-state index in [1.165, 1.54) is 0 Å². The van der Waals surface area contributed by atoms with Crippen molar-refractivity contribution in [1.82, 2.24) is 0 Å². The van der Waals surface area contributed by atoms with Gasteiger partial charge in [0.05, 0.1) is 5.56 Å². The molecular formula is C17H15F2NO3. The lowest BCUT2D eigenvalue weighted by Gasteiger charge is -2.10. The lowest BCUT2D eigenvalue weighted by atomic mass is 10.1. The second-order valence-corrected chi connectivity index (χ2v) is 5.07. The highest BCUT2D eigenvalue weighted by Crippen LogP contribution is 2.16. The quantitative estimate of drug-likeness (QED) is 0.879. The molecular weight excluding hydrogens is 304 g/mol. The van der Waals surface area contributed by atoms with Crippen LogP contribution in [-0.4, -0.2) is 18.5 Å². The summed E-state index contributed by atoms with van der Waals surface area (Å²) < 4.78 is 31.1. The predicted molar refractivity (Wildman–Crippen MR) is 81.2 cm³/mol. The highest BCUT2D eigenvalue weighted by Gasteiger charge is 2.16. The molecule has 0 aliphatic rings.